The number of hydrogen-bond acceptors (Lipinski definition) is 4. The summed E-state index contributed by atoms with van der Waals surface area (Å²) < 4.78 is 5.82. The van der Waals surface area contributed by atoms with Gasteiger partial charge in [0, 0.05) is 5.56 Å². The summed E-state index contributed by atoms with van der Waals surface area (Å²) in [5, 5.41) is 18.2. The maximum atomic E-state index is 9.95. The SMILES string of the molecule is Oc1ccccc1-c1nnc(-c2ccccc2-c2ccccc2)o1. The molecule has 4 nitrogen and oxygen atoms in total. The molecule has 4 rings (SSSR count). The van der Waals surface area contributed by atoms with Crippen molar-refractivity contribution in [1.29, 1.82) is 0 Å². The number of phenols is 1. The van der Waals surface area contributed by atoms with Crippen LogP contribution in [0.2, 0.25) is 0 Å². The summed E-state index contributed by atoms with van der Waals surface area (Å²) in [5.41, 5.74) is 3.48. The van der Waals surface area contributed by atoms with Gasteiger partial charge >= 0.3 is 0 Å². The third-order valence-electron chi connectivity index (χ3n) is 3.80. The van der Waals surface area contributed by atoms with Crippen molar-refractivity contribution in [3.8, 4) is 39.8 Å². The minimum Gasteiger partial charge on any atom is -0.507 e. The quantitative estimate of drug-likeness (QED) is 0.591. The van der Waals surface area contributed by atoms with E-state index in [4.69, 9.17) is 4.42 Å². The summed E-state index contributed by atoms with van der Waals surface area (Å²) in [6.45, 7) is 0. The molecule has 1 heterocycles. The van der Waals surface area contributed by atoms with Crippen molar-refractivity contribution in [2.45, 2.75) is 0 Å². The first-order valence-electron chi connectivity index (χ1n) is 7.59. The third-order valence-corrected chi connectivity index (χ3v) is 3.80. The van der Waals surface area contributed by atoms with Gasteiger partial charge < -0.3 is 9.52 Å². The van der Waals surface area contributed by atoms with E-state index in [9.17, 15) is 5.11 Å². The first-order chi connectivity index (χ1) is 11.8. The second-order valence-corrected chi connectivity index (χ2v) is 5.34. The maximum Gasteiger partial charge on any atom is 0.251 e. The van der Waals surface area contributed by atoms with Gasteiger partial charge in [0.1, 0.15) is 5.75 Å². The molecule has 0 aliphatic rings. The van der Waals surface area contributed by atoms with Crippen LogP contribution < -0.4 is 0 Å². The highest BCUT2D eigenvalue weighted by molar-refractivity contribution is 5.80. The third kappa shape index (κ3) is 2.54. The van der Waals surface area contributed by atoms with Crippen molar-refractivity contribution in [2.24, 2.45) is 0 Å². The van der Waals surface area contributed by atoms with Crippen molar-refractivity contribution in [3.63, 3.8) is 0 Å². The fraction of sp³-hybridized carbons (Fsp3) is 0. The molecule has 0 aliphatic carbocycles. The lowest BCUT2D eigenvalue weighted by Crippen LogP contribution is -1.84. The smallest absolute Gasteiger partial charge is 0.251 e. The van der Waals surface area contributed by atoms with Crippen molar-refractivity contribution >= 4 is 0 Å². The van der Waals surface area contributed by atoms with E-state index in [1.54, 1.807) is 18.2 Å². The number of rotatable bonds is 3. The number of aromatic hydroxyl groups is 1. The number of hydrogen-bond donors (Lipinski definition) is 1. The zero-order chi connectivity index (χ0) is 16.4. The van der Waals surface area contributed by atoms with E-state index < -0.39 is 0 Å². The van der Waals surface area contributed by atoms with Gasteiger partial charge in [-0.15, -0.1) is 10.2 Å². The molecular weight excluding hydrogens is 300 g/mol. The fourth-order valence-electron chi connectivity index (χ4n) is 2.63. The van der Waals surface area contributed by atoms with Crippen LogP contribution in [0.15, 0.2) is 83.3 Å². The van der Waals surface area contributed by atoms with E-state index in [-0.39, 0.29) is 5.75 Å². The summed E-state index contributed by atoms with van der Waals surface area (Å²) in [4.78, 5) is 0. The van der Waals surface area contributed by atoms with Gasteiger partial charge in [-0.25, -0.2) is 0 Å². The molecule has 24 heavy (non-hydrogen) atoms. The zero-order valence-corrected chi connectivity index (χ0v) is 12.8. The zero-order valence-electron chi connectivity index (χ0n) is 12.8. The molecule has 116 valence electrons. The first-order valence-corrected chi connectivity index (χ1v) is 7.59. The highest BCUT2D eigenvalue weighted by atomic mass is 16.4. The highest BCUT2D eigenvalue weighted by Crippen LogP contribution is 2.34. The Morgan fingerprint density at radius 1 is 0.583 bits per heavy atom. The van der Waals surface area contributed by atoms with Gasteiger partial charge in [-0.1, -0.05) is 60.7 Å². The van der Waals surface area contributed by atoms with Gasteiger partial charge in [0.2, 0.25) is 5.89 Å². The lowest BCUT2D eigenvalue weighted by atomic mass is 10.00. The molecule has 0 atom stereocenters. The minimum absolute atomic E-state index is 0.115. The molecular formula is C20H14N2O2. The van der Waals surface area contributed by atoms with E-state index in [1.807, 2.05) is 60.7 Å². The van der Waals surface area contributed by atoms with Crippen LogP contribution in [0.25, 0.3) is 34.0 Å². The monoisotopic (exact) mass is 314 g/mol. The average molecular weight is 314 g/mol. The molecule has 0 bridgehead atoms. The summed E-state index contributed by atoms with van der Waals surface area (Å²) in [6.07, 6.45) is 0. The Kier molecular flexibility index (Phi) is 3.56. The normalized spacial score (nSPS) is 10.7. The van der Waals surface area contributed by atoms with Crippen LogP contribution in [0.4, 0.5) is 0 Å². The molecule has 0 amide bonds. The Morgan fingerprint density at radius 2 is 1.12 bits per heavy atom. The van der Waals surface area contributed by atoms with E-state index >= 15 is 0 Å². The molecule has 0 aliphatic heterocycles. The van der Waals surface area contributed by atoms with Crippen LogP contribution in [0, 0.1) is 0 Å². The topological polar surface area (TPSA) is 59.2 Å². The maximum absolute atomic E-state index is 9.95. The predicted octanol–water partition coefficient (Wildman–Crippen LogP) is 4.78. The summed E-state index contributed by atoms with van der Waals surface area (Å²) in [5.74, 6) is 0.836. The Bertz CT molecular complexity index is 978. The molecule has 1 aromatic heterocycles. The molecule has 3 aromatic carbocycles. The molecule has 4 heteroatoms. The van der Waals surface area contributed by atoms with Crippen molar-refractivity contribution in [1.82, 2.24) is 10.2 Å². The number of benzene rings is 3. The van der Waals surface area contributed by atoms with Crippen LogP contribution in [0.1, 0.15) is 0 Å². The minimum atomic E-state index is 0.115. The van der Waals surface area contributed by atoms with Gasteiger partial charge in [0.05, 0.1) is 5.56 Å². The van der Waals surface area contributed by atoms with Gasteiger partial charge in [-0.3, -0.25) is 0 Å². The molecule has 0 spiro atoms. The Balaban J connectivity index is 1.81. The Hall–Kier alpha value is -3.40. The van der Waals surface area contributed by atoms with Crippen LogP contribution in [-0.2, 0) is 0 Å². The Labute approximate surface area is 139 Å². The van der Waals surface area contributed by atoms with Gasteiger partial charge in [0.15, 0.2) is 0 Å². The molecule has 4 aromatic rings. The number of phenolic OH excluding ortho intramolecular Hbond substituents is 1. The molecule has 1 N–H and O–H groups in total. The fourth-order valence-corrected chi connectivity index (χ4v) is 2.63. The van der Waals surface area contributed by atoms with E-state index in [2.05, 4.69) is 10.2 Å². The number of para-hydroxylation sites is 1. The molecule has 0 fully saturated rings. The van der Waals surface area contributed by atoms with Crippen LogP contribution >= 0.6 is 0 Å². The molecule has 0 unspecified atom stereocenters. The van der Waals surface area contributed by atoms with Crippen molar-refractivity contribution in [2.75, 3.05) is 0 Å². The van der Waals surface area contributed by atoms with Crippen molar-refractivity contribution < 1.29 is 9.52 Å². The lowest BCUT2D eigenvalue weighted by molar-refractivity contribution is 0.473. The van der Waals surface area contributed by atoms with E-state index in [1.165, 1.54) is 0 Å². The van der Waals surface area contributed by atoms with Gasteiger partial charge in [-0.2, -0.15) is 0 Å². The lowest BCUT2D eigenvalue weighted by Gasteiger charge is -2.06. The number of aromatic nitrogens is 2. The standard InChI is InChI=1S/C20H14N2O2/c23-18-13-7-6-12-17(18)20-22-21-19(24-20)16-11-5-4-10-15(16)14-8-2-1-3-9-14/h1-13,23H. The van der Waals surface area contributed by atoms with E-state index in [0.29, 0.717) is 17.3 Å². The summed E-state index contributed by atoms with van der Waals surface area (Å²) in [6, 6.07) is 24.8. The average Bonchev–Trinajstić information content (AvgIpc) is 3.12. The highest BCUT2D eigenvalue weighted by Gasteiger charge is 2.16. The van der Waals surface area contributed by atoms with Crippen LogP contribution in [0.5, 0.6) is 5.75 Å². The van der Waals surface area contributed by atoms with Gasteiger partial charge in [0.25, 0.3) is 5.89 Å². The predicted molar refractivity (Wildman–Crippen MR) is 92.3 cm³/mol. The summed E-state index contributed by atoms with van der Waals surface area (Å²) in [7, 11) is 0. The molecule has 0 saturated carbocycles. The molecule has 0 saturated heterocycles. The second kappa shape index (κ2) is 6.01. The largest absolute Gasteiger partial charge is 0.507 e. The van der Waals surface area contributed by atoms with Crippen molar-refractivity contribution in [3.05, 3.63) is 78.9 Å². The summed E-state index contributed by atoms with van der Waals surface area (Å²) >= 11 is 0. The number of nitrogens with zero attached hydrogens (tertiary/aromatic N) is 2. The second-order valence-electron chi connectivity index (χ2n) is 5.34. The Morgan fingerprint density at radius 3 is 1.83 bits per heavy atom. The first kappa shape index (κ1) is 14.2. The van der Waals surface area contributed by atoms with Crippen LogP contribution in [0.3, 0.4) is 0 Å². The van der Waals surface area contributed by atoms with Crippen LogP contribution in [-0.4, -0.2) is 15.3 Å². The van der Waals surface area contributed by atoms with E-state index in [0.717, 1.165) is 16.7 Å². The van der Waals surface area contributed by atoms with Gasteiger partial charge in [-0.05, 0) is 29.3 Å². The molecule has 0 radical (unpaired) electrons.